The Balaban J connectivity index is 2.12. The predicted octanol–water partition coefficient (Wildman–Crippen LogP) is 0.696. The van der Waals surface area contributed by atoms with E-state index in [1.807, 2.05) is 0 Å². The van der Waals surface area contributed by atoms with Crippen LogP contribution in [0, 0.1) is 5.92 Å². The van der Waals surface area contributed by atoms with Crippen molar-refractivity contribution in [1.29, 1.82) is 0 Å². The van der Waals surface area contributed by atoms with Gasteiger partial charge in [0, 0.05) is 5.92 Å². The molecule has 4 nitrogen and oxygen atoms in total. The van der Waals surface area contributed by atoms with Crippen LogP contribution in [-0.2, 0) is 0 Å². The van der Waals surface area contributed by atoms with E-state index >= 15 is 0 Å². The third kappa shape index (κ3) is 0.894. The molecule has 0 atom stereocenters. The van der Waals surface area contributed by atoms with Crippen LogP contribution in [0.15, 0.2) is 0 Å². The smallest absolute Gasteiger partial charge is 0.155 e. The normalized spacial score (nSPS) is 20.0. The topological polar surface area (TPSA) is 54.5 Å². The SMILES string of the molecule is C1CC[C](c2nnn[nH]2)C1. The standard InChI is InChI=1S/C6H9N4/c1-2-4-5(3-1)6-7-9-10-8-6/h1-4H2,(H,7,8,9,10). The second-order valence-corrected chi connectivity index (χ2v) is 2.56. The maximum Gasteiger partial charge on any atom is 0.155 e. The molecule has 1 aliphatic carbocycles. The molecular weight excluding hydrogens is 128 g/mol. The van der Waals surface area contributed by atoms with Gasteiger partial charge >= 0.3 is 0 Å². The van der Waals surface area contributed by atoms with Crippen molar-refractivity contribution in [2.45, 2.75) is 25.7 Å². The van der Waals surface area contributed by atoms with E-state index in [0.29, 0.717) is 0 Å². The zero-order valence-corrected chi connectivity index (χ0v) is 5.67. The summed E-state index contributed by atoms with van der Waals surface area (Å²) in [5, 5.41) is 13.7. The Morgan fingerprint density at radius 1 is 1.20 bits per heavy atom. The van der Waals surface area contributed by atoms with Crippen LogP contribution in [-0.4, -0.2) is 20.6 Å². The Labute approximate surface area is 59.0 Å². The highest BCUT2D eigenvalue weighted by molar-refractivity contribution is 5.14. The molecule has 53 valence electrons. The largest absolute Gasteiger partial charge is 0.242 e. The molecule has 1 aliphatic rings. The van der Waals surface area contributed by atoms with Crippen molar-refractivity contribution in [1.82, 2.24) is 20.6 Å². The molecule has 0 aliphatic heterocycles. The van der Waals surface area contributed by atoms with Crippen LogP contribution >= 0.6 is 0 Å². The lowest BCUT2D eigenvalue weighted by atomic mass is 10.1. The third-order valence-electron chi connectivity index (χ3n) is 1.89. The summed E-state index contributed by atoms with van der Waals surface area (Å²) in [4.78, 5) is 0. The zero-order chi connectivity index (χ0) is 6.81. The molecule has 2 rings (SSSR count). The Bertz CT molecular complexity index is 188. The van der Waals surface area contributed by atoms with Gasteiger partial charge in [-0.1, -0.05) is 12.8 Å². The van der Waals surface area contributed by atoms with Crippen LogP contribution in [0.5, 0.6) is 0 Å². The molecular formula is C6H9N4. The van der Waals surface area contributed by atoms with Gasteiger partial charge in [-0.2, -0.15) is 0 Å². The first-order valence-corrected chi connectivity index (χ1v) is 3.55. The van der Waals surface area contributed by atoms with Gasteiger partial charge in [0.25, 0.3) is 0 Å². The van der Waals surface area contributed by atoms with Crippen molar-refractivity contribution in [3.63, 3.8) is 0 Å². The number of nitrogens with one attached hydrogen (secondary N) is 1. The number of hydrogen-bond donors (Lipinski definition) is 1. The maximum absolute atomic E-state index is 3.84. The lowest BCUT2D eigenvalue weighted by molar-refractivity contribution is 0.878. The lowest BCUT2D eigenvalue weighted by Gasteiger charge is -1.98. The maximum atomic E-state index is 3.84. The molecule has 1 N–H and O–H groups in total. The fourth-order valence-electron chi connectivity index (χ4n) is 1.35. The van der Waals surface area contributed by atoms with Gasteiger partial charge in [0.05, 0.1) is 0 Å². The van der Waals surface area contributed by atoms with Crippen molar-refractivity contribution in [2.75, 3.05) is 0 Å². The molecule has 1 aromatic rings. The van der Waals surface area contributed by atoms with Gasteiger partial charge in [0.15, 0.2) is 5.82 Å². The van der Waals surface area contributed by atoms with Gasteiger partial charge in [-0.25, -0.2) is 5.10 Å². The van der Waals surface area contributed by atoms with E-state index < -0.39 is 0 Å². The summed E-state index contributed by atoms with van der Waals surface area (Å²) in [6.45, 7) is 0. The van der Waals surface area contributed by atoms with Crippen LogP contribution in [0.3, 0.4) is 0 Å². The van der Waals surface area contributed by atoms with Gasteiger partial charge in [0.1, 0.15) is 0 Å². The van der Waals surface area contributed by atoms with Crippen LogP contribution < -0.4 is 0 Å². The van der Waals surface area contributed by atoms with E-state index in [1.54, 1.807) is 0 Å². The highest BCUT2D eigenvalue weighted by atomic mass is 15.5. The summed E-state index contributed by atoms with van der Waals surface area (Å²) in [6.07, 6.45) is 4.90. The number of rotatable bonds is 1. The molecule has 0 saturated heterocycles. The summed E-state index contributed by atoms with van der Waals surface area (Å²) in [6, 6.07) is 0. The lowest BCUT2D eigenvalue weighted by Crippen LogP contribution is -1.95. The Kier molecular flexibility index (Phi) is 1.38. The second kappa shape index (κ2) is 2.36. The Morgan fingerprint density at radius 2 is 2.00 bits per heavy atom. The number of aromatic nitrogens is 4. The highest BCUT2D eigenvalue weighted by Gasteiger charge is 2.20. The Hall–Kier alpha value is -0.930. The predicted molar refractivity (Wildman–Crippen MR) is 35.0 cm³/mol. The second-order valence-electron chi connectivity index (χ2n) is 2.56. The monoisotopic (exact) mass is 137 g/mol. The number of nitrogens with zero attached hydrogens (tertiary/aromatic N) is 3. The summed E-state index contributed by atoms with van der Waals surface area (Å²) in [7, 11) is 0. The number of aromatic amines is 1. The van der Waals surface area contributed by atoms with Crippen molar-refractivity contribution in [3.05, 3.63) is 11.7 Å². The van der Waals surface area contributed by atoms with Crippen LogP contribution in [0.2, 0.25) is 0 Å². The first-order chi connectivity index (χ1) is 4.97. The molecule has 0 aromatic carbocycles. The average Bonchev–Trinajstić information content (AvgIpc) is 2.59. The molecule has 0 unspecified atom stereocenters. The zero-order valence-electron chi connectivity index (χ0n) is 5.67. The minimum atomic E-state index is 0.887. The molecule has 1 radical (unpaired) electrons. The minimum Gasteiger partial charge on any atom is -0.242 e. The van der Waals surface area contributed by atoms with Crippen LogP contribution in [0.25, 0.3) is 0 Å². The van der Waals surface area contributed by atoms with E-state index in [1.165, 1.54) is 18.8 Å². The first-order valence-electron chi connectivity index (χ1n) is 3.55. The van der Waals surface area contributed by atoms with E-state index in [9.17, 15) is 0 Å². The quantitative estimate of drug-likeness (QED) is 0.619. The number of H-pyrrole nitrogens is 1. The average molecular weight is 137 g/mol. The molecule has 0 spiro atoms. The van der Waals surface area contributed by atoms with Gasteiger partial charge in [-0.15, -0.1) is 5.10 Å². The van der Waals surface area contributed by atoms with E-state index in [4.69, 9.17) is 0 Å². The summed E-state index contributed by atoms with van der Waals surface area (Å²) in [5.41, 5.74) is 0. The molecule has 10 heavy (non-hydrogen) atoms. The van der Waals surface area contributed by atoms with Crippen LogP contribution in [0.4, 0.5) is 0 Å². The van der Waals surface area contributed by atoms with Crippen molar-refractivity contribution >= 4 is 0 Å². The molecule has 0 amide bonds. The van der Waals surface area contributed by atoms with Crippen molar-refractivity contribution in [3.8, 4) is 0 Å². The number of hydrogen-bond acceptors (Lipinski definition) is 3. The third-order valence-corrected chi connectivity index (χ3v) is 1.89. The molecule has 1 saturated carbocycles. The molecule has 0 bridgehead atoms. The molecule has 1 heterocycles. The van der Waals surface area contributed by atoms with Gasteiger partial charge in [-0.05, 0) is 23.3 Å². The molecule has 1 fully saturated rings. The minimum absolute atomic E-state index is 0.887. The highest BCUT2D eigenvalue weighted by Crippen LogP contribution is 2.30. The van der Waals surface area contributed by atoms with E-state index in [2.05, 4.69) is 20.6 Å². The van der Waals surface area contributed by atoms with E-state index in [0.717, 1.165) is 18.7 Å². The Morgan fingerprint density at radius 3 is 2.60 bits per heavy atom. The summed E-state index contributed by atoms with van der Waals surface area (Å²) in [5.74, 6) is 2.27. The van der Waals surface area contributed by atoms with Crippen LogP contribution in [0.1, 0.15) is 31.5 Å². The van der Waals surface area contributed by atoms with E-state index in [-0.39, 0.29) is 0 Å². The summed E-state index contributed by atoms with van der Waals surface area (Å²) < 4.78 is 0. The number of tetrazole rings is 1. The fraction of sp³-hybridized carbons (Fsp3) is 0.667. The van der Waals surface area contributed by atoms with Crippen molar-refractivity contribution in [2.24, 2.45) is 0 Å². The van der Waals surface area contributed by atoms with Gasteiger partial charge in [0.2, 0.25) is 0 Å². The van der Waals surface area contributed by atoms with Gasteiger partial charge in [-0.3, -0.25) is 0 Å². The molecule has 1 aromatic heterocycles. The van der Waals surface area contributed by atoms with Gasteiger partial charge < -0.3 is 0 Å². The first kappa shape index (κ1) is 5.82. The fourth-order valence-corrected chi connectivity index (χ4v) is 1.35. The van der Waals surface area contributed by atoms with Crippen molar-refractivity contribution < 1.29 is 0 Å². The molecule has 4 heteroatoms. The summed E-state index contributed by atoms with van der Waals surface area (Å²) >= 11 is 0.